The van der Waals surface area contributed by atoms with Crippen molar-refractivity contribution in [2.24, 2.45) is 0 Å². The van der Waals surface area contributed by atoms with E-state index in [1.807, 2.05) is 6.92 Å². The predicted octanol–water partition coefficient (Wildman–Crippen LogP) is 4.01. The fraction of sp³-hybridized carbons (Fsp3) is 0.136. The van der Waals surface area contributed by atoms with Crippen molar-refractivity contribution >= 4 is 34.6 Å². The zero-order chi connectivity index (χ0) is 19.9. The van der Waals surface area contributed by atoms with Gasteiger partial charge in [-0.3, -0.25) is 9.59 Å². The number of ether oxygens (including phenoxy) is 1. The summed E-state index contributed by atoms with van der Waals surface area (Å²) in [5.74, 6) is -0.809. The van der Waals surface area contributed by atoms with E-state index in [0.29, 0.717) is 28.8 Å². The molecule has 1 heterocycles. The van der Waals surface area contributed by atoms with Gasteiger partial charge in [0.25, 0.3) is 0 Å². The molecular formula is C22H19NO5. The van der Waals surface area contributed by atoms with Crippen LogP contribution in [-0.4, -0.2) is 18.5 Å². The highest BCUT2D eigenvalue weighted by molar-refractivity contribution is 6.02. The summed E-state index contributed by atoms with van der Waals surface area (Å²) in [5, 5.41) is 3.12. The first-order valence-electron chi connectivity index (χ1n) is 8.85. The maximum atomic E-state index is 12.4. The van der Waals surface area contributed by atoms with Gasteiger partial charge >= 0.3 is 5.97 Å². The highest BCUT2D eigenvalue weighted by Gasteiger charge is 2.07. The van der Waals surface area contributed by atoms with Crippen LogP contribution in [0.15, 0.2) is 70.1 Å². The Balaban J connectivity index is 1.66. The maximum absolute atomic E-state index is 12.4. The minimum absolute atomic E-state index is 0.208. The zero-order valence-corrected chi connectivity index (χ0v) is 15.3. The Morgan fingerprint density at radius 1 is 1.11 bits per heavy atom. The van der Waals surface area contributed by atoms with Crippen LogP contribution in [0, 0.1) is 0 Å². The van der Waals surface area contributed by atoms with Gasteiger partial charge in [-0.15, -0.1) is 0 Å². The fourth-order valence-corrected chi connectivity index (χ4v) is 2.53. The molecule has 3 rings (SSSR count). The summed E-state index contributed by atoms with van der Waals surface area (Å²) in [4.78, 5) is 36.2. The molecule has 6 nitrogen and oxygen atoms in total. The summed E-state index contributed by atoms with van der Waals surface area (Å²) in [7, 11) is 0. The Bertz CT molecular complexity index is 1080. The van der Waals surface area contributed by atoms with Gasteiger partial charge in [0.2, 0.25) is 5.91 Å². The molecule has 2 aromatic carbocycles. The van der Waals surface area contributed by atoms with Crippen LogP contribution in [0.4, 0.5) is 5.69 Å². The number of amides is 1. The summed E-state index contributed by atoms with van der Waals surface area (Å²) in [6, 6.07) is 13.3. The molecule has 3 aromatic rings. The number of fused-ring (bicyclic) bond motifs is 1. The number of para-hydroxylation sites is 1. The van der Waals surface area contributed by atoms with Crippen molar-refractivity contribution < 1.29 is 18.7 Å². The number of anilines is 1. The van der Waals surface area contributed by atoms with E-state index in [0.717, 1.165) is 6.42 Å². The lowest BCUT2D eigenvalue weighted by atomic mass is 10.1. The van der Waals surface area contributed by atoms with Crippen LogP contribution < -0.4 is 10.7 Å². The van der Waals surface area contributed by atoms with Gasteiger partial charge in [0.05, 0.1) is 23.1 Å². The number of benzene rings is 2. The fourth-order valence-electron chi connectivity index (χ4n) is 2.53. The van der Waals surface area contributed by atoms with Crippen LogP contribution in [0.1, 0.15) is 29.3 Å². The average molecular weight is 377 g/mol. The number of carbonyl (C=O) groups excluding carboxylic acids is 2. The van der Waals surface area contributed by atoms with Crippen molar-refractivity contribution in [3.05, 3.63) is 82.2 Å². The van der Waals surface area contributed by atoms with Crippen LogP contribution >= 0.6 is 0 Å². The summed E-state index contributed by atoms with van der Waals surface area (Å²) >= 11 is 0. The second-order valence-electron chi connectivity index (χ2n) is 6.05. The molecule has 0 atom stereocenters. The normalized spacial score (nSPS) is 10.9. The second-order valence-corrected chi connectivity index (χ2v) is 6.05. The third-order valence-corrected chi connectivity index (χ3v) is 3.95. The predicted molar refractivity (Wildman–Crippen MR) is 107 cm³/mol. The number of nitrogens with one attached hydrogen (secondary N) is 1. The van der Waals surface area contributed by atoms with E-state index >= 15 is 0 Å². The number of hydrogen-bond acceptors (Lipinski definition) is 5. The average Bonchev–Trinajstić information content (AvgIpc) is 2.72. The third-order valence-electron chi connectivity index (χ3n) is 3.95. The van der Waals surface area contributed by atoms with E-state index in [-0.39, 0.29) is 11.0 Å². The zero-order valence-electron chi connectivity index (χ0n) is 15.3. The third kappa shape index (κ3) is 4.54. The minimum Gasteiger partial charge on any atom is -0.463 e. The molecule has 0 spiro atoms. The summed E-state index contributed by atoms with van der Waals surface area (Å²) in [6.07, 6.45) is 4.74. The molecule has 0 radical (unpaired) electrons. The van der Waals surface area contributed by atoms with Gasteiger partial charge in [0.1, 0.15) is 11.8 Å². The monoisotopic (exact) mass is 377 g/mol. The molecule has 0 aliphatic heterocycles. The molecule has 0 unspecified atom stereocenters. The van der Waals surface area contributed by atoms with E-state index in [9.17, 15) is 14.4 Å². The highest BCUT2D eigenvalue weighted by Crippen LogP contribution is 2.13. The molecular weight excluding hydrogens is 358 g/mol. The molecule has 142 valence electrons. The van der Waals surface area contributed by atoms with Crippen molar-refractivity contribution in [1.82, 2.24) is 0 Å². The first-order chi connectivity index (χ1) is 13.6. The maximum Gasteiger partial charge on any atom is 0.338 e. The summed E-state index contributed by atoms with van der Waals surface area (Å²) in [5.41, 5.74) is 1.50. The summed E-state index contributed by atoms with van der Waals surface area (Å²) < 4.78 is 10.5. The van der Waals surface area contributed by atoms with Crippen molar-refractivity contribution in [3.8, 4) is 0 Å². The van der Waals surface area contributed by atoms with E-state index in [1.54, 1.807) is 48.5 Å². The molecule has 0 bridgehead atoms. The van der Waals surface area contributed by atoms with Gasteiger partial charge < -0.3 is 14.5 Å². The molecule has 0 aliphatic carbocycles. The van der Waals surface area contributed by atoms with Gasteiger partial charge in [0.15, 0.2) is 5.43 Å². The quantitative estimate of drug-likeness (QED) is 0.518. The largest absolute Gasteiger partial charge is 0.463 e. The Labute approximate surface area is 161 Å². The molecule has 0 saturated heterocycles. The van der Waals surface area contributed by atoms with E-state index in [1.165, 1.54) is 18.4 Å². The summed E-state index contributed by atoms with van der Waals surface area (Å²) in [6.45, 7) is 2.28. The Morgan fingerprint density at radius 2 is 1.86 bits per heavy atom. The Kier molecular flexibility index (Phi) is 6.01. The lowest BCUT2D eigenvalue weighted by Gasteiger charge is -2.05. The Hall–Kier alpha value is -3.67. The molecule has 1 amide bonds. The molecule has 28 heavy (non-hydrogen) atoms. The minimum atomic E-state index is -0.408. The first kappa shape index (κ1) is 19.1. The van der Waals surface area contributed by atoms with Crippen molar-refractivity contribution in [3.63, 3.8) is 0 Å². The van der Waals surface area contributed by atoms with Crippen LogP contribution in [0.2, 0.25) is 0 Å². The van der Waals surface area contributed by atoms with E-state index in [2.05, 4.69) is 5.32 Å². The molecule has 0 fully saturated rings. The van der Waals surface area contributed by atoms with Crippen LogP contribution in [-0.2, 0) is 9.53 Å². The van der Waals surface area contributed by atoms with Gasteiger partial charge in [-0.05, 0) is 48.9 Å². The molecule has 1 N–H and O–H groups in total. The number of hydrogen-bond donors (Lipinski definition) is 1. The van der Waals surface area contributed by atoms with Gasteiger partial charge in [0, 0.05) is 11.8 Å². The van der Waals surface area contributed by atoms with E-state index in [4.69, 9.17) is 9.15 Å². The molecule has 1 aromatic heterocycles. The van der Waals surface area contributed by atoms with E-state index < -0.39 is 11.9 Å². The van der Waals surface area contributed by atoms with Gasteiger partial charge in [-0.25, -0.2) is 4.79 Å². The Morgan fingerprint density at radius 3 is 2.61 bits per heavy atom. The van der Waals surface area contributed by atoms with Gasteiger partial charge in [-0.1, -0.05) is 19.1 Å². The van der Waals surface area contributed by atoms with Crippen molar-refractivity contribution in [2.75, 3.05) is 11.9 Å². The SMILES string of the molecule is CCCOC(=O)c1ccc(NC(=O)/C=C/c2coc3ccccc3c2=O)cc1. The number of rotatable bonds is 6. The molecule has 0 aliphatic rings. The van der Waals surface area contributed by atoms with Crippen LogP contribution in [0.5, 0.6) is 0 Å². The second kappa shape index (κ2) is 8.81. The van der Waals surface area contributed by atoms with Crippen molar-refractivity contribution in [1.29, 1.82) is 0 Å². The lowest BCUT2D eigenvalue weighted by Crippen LogP contribution is -2.10. The molecule has 6 heteroatoms. The number of carbonyl (C=O) groups is 2. The standard InChI is InChI=1S/C22H19NO5/c1-2-13-27-22(26)15-7-10-17(11-8-15)23-20(24)12-9-16-14-28-19-6-4-3-5-18(19)21(16)25/h3-12,14H,2,13H2,1H3,(H,23,24)/b12-9+. The topological polar surface area (TPSA) is 85.6 Å². The molecule has 0 saturated carbocycles. The first-order valence-corrected chi connectivity index (χ1v) is 8.85. The van der Waals surface area contributed by atoms with Crippen molar-refractivity contribution in [2.45, 2.75) is 13.3 Å². The van der Waals surface area contributed by atoms with Crippen LogP contribution in [0.25, 0.3) is 17.0 Å². The van der Waals surface area contributed by atoms with Crippen LogP contribution in [0.3, 0.4) is 0 Å². The highest BCUT2D eigenvalue weighted by atomic mass is 16.5. The van der Waals surface area contributed by atoms with Gasteiger partial charge in [-0.2, -0.15) is 0 Å². The smallest absolute Gasteiger partial charge is 0.338 e. The number of esters is 1. The lowest BCUT2D eigenvalue weighted by molar-refractivity contribution is -0.111.